The minimum Gasteiger partial charge on any atom is -0.451 e. The van der Waals surface area contributed by atoms with E-state index in [4.69, 9.17) is 9.15 Å². The van der Waals surface area contributed by atoms with Crippen LogP contribution in [0, 0.1) is 11.6 Å². The molecule has 0 aliphatic carbocycles. The van der Waals surface area contributed by atoms with Gasteiger partial charge in [-0.15, -0.1) is 0 Å². The molecule has 3 rings (SSSR count). The lowest BCUT2D eigenvalue weighted by atomic mass is 10.1. The zero-order valence-electron chi connectivity index (χ0n) is 13.8. The zero-order valence-corrected chi connectivity index (χ0v) is 13.8. The first-order valence-corrected chi connectivity index (χ1v) is 7.76. The molecule has 6 heteroatoms. The van der Waals surface area contributed by atoms with Gasteiger partial charge >= 0.3 is 0 Å². The molecule has 1 aromatic heterocycles. The predicted octanol–water partition coefficient (Wildman–Crippen LogP) is 4.35. The predicted molar refractivity (Wildman–Crippen MR) is 89.2 cm³/mol. The molecule has 1 amide bonds. The van der Waals surface area contributed by atoms with Gasteiger partial charge in [-0.05, 0) is 30.7 Å². The summed E-state index contributed by atoms with van der Waals surface area (Å²) in [5.41, 5.74) is 1.69. The zero-order chi connectivity index (χ0) is 18.0. The van der Waals surface area contributed by atoms with E-state index in [-0.39, 0.29) is 12.4 Å². The second-order valence-electron chi connectivity index (χ2n) is 5.71. The highest BCUT2D eigenvalue weighted by Gasteiger charge is 2.22. The van der Waals surface area contributed by atoms with Crippen LogP contribution in [-0.4, -0.2) is 13.0 Å². The van der Waals surface area contributed by atoms with Crippen LogP contribution in [0.1, 0.15) is 34.6 Å². The number of para-hydroxylation sites is 1. The van der Waals surface area contributed by atoms with Crippen LogP contribution in [0.4, 0.5) is 8.78 Å². The fraction of sp³-hybridized carbons (Fsp3) is 0.211. The molecule has 0 aliphatic rings. The van der Waals surface area contributed by atoms with Gasteiger partial charge in [0, 0.05) is 18.1 Å². The Labute approximate surface area is 143 Å². The van der Waals surface area contributed by atoms with Gasteiger partial charge in [-0.25, -0.2) is 8.78 Å². The van der Waals surface area contributed by atoms with Gasteiger partial charge in [0.15, 0.2) is 17.4 Å². The average molecular weight is 345 g/mol. The van der Waals surface area contributed by atoms with Crippen LogP contribution >= 0.6 is 0 Å². The molecule has 1 atom stereocenters. The lowest BCUT2D eigenvalue weighted by molar-refractivity contribution is 0.0907. The van der Waals surface area contributed by atoms with Crippen molar-refractivity contribution in [1.29, 1.82) is 0 Å². The van der Waals surface area contributed by atoms with Gasteiger partial charge in [-0.3, -0.25) is 4.79 Å². The molecular weight excluding hydrogens is 328 g/mol. The Hall–Kier alpha value is -2.73. The van der Waals surface area contributed by atoms with Gasteiger partial charge in [0.2, 0.25) is 0 Å². The quantitative estimate of drug-likeness (QED) is 0.748. The highest BCUT2D eigenvalue weighted by Crippen LogP contribution is 2.27. The number of amides is 1. The van der Waals surface area contributed by atoms with E-state index in [2.05, 4.69) is 5.32 Å². The summed E-state index contributed by atoms with van der Waals surface area (Å²) in [6, 6.07) is 10.3. The molecule has 0 saturated heterocycles. The number of halogens is 2. The Morgan fingerprint density at radius 2 is 1.96 bits per heavy atom. The fourth-order valence-electron chi connectivity index (χ4n) is 2.70. The van der Waals surface area contributed by atoms with E-state index in [1.54, 1.807) is 13.0 Å². The van der Waals surface area contributed by atoms with Gasteiger partial charge in [0.1, 0.15) is 5.58 Å². The number of rotatable bonds is 5. The first-order valence-electron chi connectivity index (χ1n) is 7.76. The SMILES string of the molecule is COCc1c(C(=O)N[C@H](C)c2ccc(F)c(F)c2)oc2ccccc12. The summed E-state index contributed by atoms with van der Waals surface area (Å²) >= 11 is 0. The lowest BCUT2D eigenvalue weighted by Gasteiger charge is -2.14. The molecular formula is C19H17F2NO3. The van der Waals surface area contributed by atoms with Gasteiger partial charge in [-0.2, -0.15) is 0 Å². The number of furan rings is 1. The number of methoxy groups -OCH3 is 1. The highest BCUT2D eigenvalue weighted by atomic mass is 19.2. The van der Waals surface area contributed by atoms with Crippen molar-refractivity contribution in [1.82, 2.24) is 5.32 Å². The van der Waals surface area contributed by atoms with Gasteiger partial charge in [0.05, 0.1) is 12.6 Å². The van der Waals surface area contributed by atoms with Crippen molar-refractivity contribution >= 4 is 16.9 Å². The summed E-state index contributed by atoms with van der Waals surface area (Å²) in [5.74, 6) is -2.18. The van der Waals surface area contributed by atoms with Crippen LogP contribution < -0.4 is 5.32 Å². The van der Waals surface area contributed by atoms with E-state index < -0.39 is 23.6 Å². The molecule has 3 aromatic rings. The number of ether oxygens (including phenoxy) is 1. The Morgan fingerprint density at radius 1 is 1.20 bits per heavy atom. The van der Waals surface area contributed by atoms with Crippen molar-refractivity contribution in [3.05, 3.63) is 71.0 Å². The van der Waals surface area contributed by atoms with Crippen molar-refractivity contribution in [2.24, 2.45) is 0 Å². The molecule has 1 heterocycles. The maximum Gasteiger partial charge on any atom is 0.287 e. The minimum absolute atomic E-state index is 0.150. The van der Waals surface area contributed by atoms with Crippen LogP contribution in [0.2, 0.25) is 0 Å². The summed E-state index contributed by atoms with van der Waals surface area (Å²) in [6.07, 6.45) is 0. The van der Waals surface area contributed by atoms with Crippen molar-refractivity contribution in [3.63, 3.8) is 0 Å². The number of nitrogens with one attached hydrogen (secondary N) is 1. The van der Waals surface area contributed by atoms with Crippen LogP contribution in [0.25, 0.3) is 11.0 Å². The molecule has 25 heavy (non-hydrogen) atoms. The largest absolute Gasteiger partial charge is 0.451 e. The molecule has 0 spiro atoms. The van der Waals surface area contributed by atoms with E-state index in [9.17, 15) is 13.6 Å². The van der Waals surface area contributed by atoms with E-state index in [1.165, 1.54) is 13.2 Å². The second kappa shape index (κ2) is 7.03. The molecule has 130 valence electrons. The number of fused-ring (bicyclic) bond motifs is 1. The minimum atomic E-state index is -0.956. The Balaban J connectivity index is 1.88. The molecule has 0 fully saturated rings. The molecule has 0 saturated carbocycles. The third kappa shape index (κ3) is 3.39. The molecule has 0 radical (unpaired) electrons. The van der Waals surface area contributed by atoms with Gasteiger partial charge in [0.25, 0.3) is 5.91 Å². The third-order valence-corrected chi connectivity index (χ3v) is 3.98. The van der Waals surface area contributed by atoms with Crippen molar-refractivity contribution in [2.45, 2.75) is 19.6 Å². The van der Waals surface area contributed by atoms with Crippen molar-refractivity contribution in [2.75, 3.05) is 7.11 Å². The van der Waals surface area contributed by atoms with Crippen molar-refractivity contribution < 1.29 is 22.7 Å². The Kier molecular flexibility index (Phi) is 4.81. The monoisotopic (exact) mass is 345 g/mol. The molecule has 0 bridgehead atoms. The average Bonchev–Trinajstić information content (AvgIpc) is 2.96. The molecule has 0 unspecified atom stereocenters. The summed E-state index contributed by atoms with van der Waals surface area (Å²) in [6.45, 7) is 1.91. The standard InChI is InChI=1S/C19H17F2NO3/c1-11(12-7-8-15(20)16(21)9-12)22-19(23)18-14(10-24-2)13-5-3-4-6-17(13)25-18/h3-9,11H,10H2,1-2H3,(H,22,23)/t11-/m1/s1. The van der Waals surface area contributed by atoms with Crippen LogP contribution in [0.3, 0.4) is 0 Å². The fourth-order valence-corrected chi connectivity index (χ4v) is 2.70. The van der Waals surface area contributed by atoms with E-state index in [0.717, 1.165) is 17.5 Å². The smallest absolute Gasteiger partial charge is 0.287 e. The van der Waals surface area contributed by atoms with E-state index in [1.807, 2.05) is 18.2 Å². The number of carbonyl (C=O) groups excluding carboxylic acids is 1. The first-order chi connectivity index (χ1) is 12.0. The van der Waals surface area contributed by atoms with E-state index in [0.29, 0.717) is 16.7 Å². The number of hydrogen-bond acceptors (Lipinski definition) is 3. The van der Waals surface area contributed by atoms with Gasteiger partial charge < -0.3 is 14.5 Å². The highest BCUT2D eigenvalue weighted by molar-refractivity contribution is 5.99. The topological polar surface area (TPSA) is 51.5 Å². The molecule has 2 aromatic carbocycles. The summed E-state index contributed by atoms with van der Waals surface area (Å²) < 4.78 is 37.3. The second-order valence-corrected chi connectivity index (χ2v) is 5.71. The summed E-state index contributed by atoms with van der Waals surface area (Å²) in [5, 5.41) is 3.54. The summed E-state index contributed by atoms with van der Waals surface area (Å²) in [7, 11) is 1.54. The maximum atomic E-state index is 13.4. The van der Waals surface area contributed by atoms with Crippen LogP contribution in [0.15, 0.2) is 46.9 Å². The number of carbonyl (C=O) groups is 1. The number of benzene rings is 2. The summed E-state index contributed by atoms with van der Waals surface area (Å²) in [4.78, 5) is 12.6. The van der Waals surface area contributed by atoms with Crippen LogP contribution in [0.5, 0.6) is 0 Å². The Bertz CT molecular complexity index is 920. The van der Waals surface area contributed by atoms with Crippen molar-refractivity contribution in [3.8, 4) is 0 Å². The molecule has 4 nitrogen and oxygen atoms in total. The maximum absolute atomic E-state index is 13.4. The first kappa shape index (κ1) is 17.1. The lowest BCUT2D eigenvalue weighted by Crippen LogP contribution is -2.27. The molecule has 1 N–H and O–H groups in total. The van der Waals surface area contributed by atoms with Gasteiger partial charge in [-0.1, -0.05) is 24.3 Å². The normalized spacial score (nSPS) is 12.3. The van der Waals surface area contributed by atoms with Crippen LogP contribution in [-0.2, 0) is 11.3 Å². The Morgan fingerprint density at radius 3 is 2.68 bits per heavy atom. The van der Waals surface area contributed by atoms with E-state index >= 15 is 0 Å². The third-order valence-electron chi connectivity index (χ3n) is 3.98. The number of hydrogen-bond donors (Lipinski definition) is 1. The molecule has 0 aliphatic heterocycles.